The van der Waals surface area contributed by atoms with E-state index in [1.165, 1.54) is 16.8 Å². The Balaban J connectivity index is 1.22. The molecule has 1 amide bonds. The molecule has 5 rings (SSSR count). The number of hydrogen-bond acceptors (Lipinski definition) is 7. The van der Waals surface area contributed by atoms with Crippen LogP contribution in [0.4, 0.5) is 13.2 Å². The molecule has 1 saturated heterocycles. The quantitative estimate of drug-likeness (QED) is 0.347. The van der Waals surface area contributed by atoms with Gasteiger partial charge in [0.2, 0.25) is 5.91 Å². The highest BCUT2D eigenvalue weighted by atomic mass is 35.5. The van der Waals surface area contributed by atoms with E-state index in [2.05, 4.69) is 31.4 Å². The highest BCUT2D eigenvalue weighted by Crippen LogP contribution is 2.28. The lowest BCUT2D eigenvalue weighted by molar-refractivity contribution is -0.146. The largest absolute Gasteiger partial charge is 0.453 e. The number of benzene rings is 1. The zero-order valence-corrected chi connectivity index (χ0v) is 22.5. The molecule has 1 aromatic carbocycles. The molecular formula is C26H25ClF3N9O. The van der Waals surface area contributed by atoms with E-state index in [1.807, 2.05) is 17.0 Å². The Hall–Kier alpha value is -4.02. The minimum atomic E-state index is -4.70. The molecule has 0 aliphatic carbocycles. The smallest absolute Gasteiger partial charge is 0.340 e. The maximum Gasteiger partial charge on any atom is 0.453 e. The topological polar surface area (TPSA) is 108 Å². The van der Waals surface area contributed by atoms with Crippen LogP contribution >= 0.6 is 11.6 Å². The van der Waals surface area contributed by atoms with E-state index in [0.717, 1.165) is 11.1 Å². The van der Waals surface area contributed by atoms with E-state index in [0.29, 0.717) is 65.6 Å². The van der Waals surface area contributed by atoms with Gasteiger partial charge in [0.1, 0.15) is 6.07 Å². The van der Waals surface area contributed by atoms with Crippen LogP contribution in [0, 0.1) is 25.2 Å². The van der Waals surface area contributed by atoms with E-state index < -0.39 is 12.0 Å². The van der Waals surface area contributed by atoms with E-state index in [9.17, 15) is 23.2 Å². The molecule has 0 unspecified atom stereocenters. The molecule has 1 fully saturated rings. The Morgan fingerprint density at radius 2 is 1.82 bits per heavy atom. The van der Waals surface area contributed by atoms with Crippen molar-refractivity contribution in [3.8, 4) is 11.9 Å². The van der Waals surface area contributed by atoms with Crippen LogP contribution in [0.1, 0.15) is 40.3 Å². The molecule has 0 N–H and O–H groups in total. The monoisotopic (exact) mass is 571 g/mol. The van der Waals surface area contributed by atoms with Crippen molar-refractivity contribution in [3.63, 3.8) is 0 Å². The van der Waals surface area contributed by atoms with Crippen molar-refractivity contribution in [1.29, 1.82) is 5.26 Å². The number of halogens is 4. The summed E-state index contributed by atoms with van der Waals surface area (Å²) in [7, 11) is 0. The van der Waals surface area contributed by atoms with Crippen LogP contribution in [0.15, 0.2) is 30.3 Å². The van der Waals surface area contributed by atoms with E-state index in [1.54, 1.807) is 19.9 Å². The third kappa shape index (κ3) is 5.37. The van der Waals surface area contributed by atoms with Crippen molar-refractivity contribution < 1.29 is 18.0 Å². The van der Waals surface area contributed by atoms with E-state index >= 15 is 0 Å². The molecule has 4 aromatic rings. The second-order valence-electron chi connectivity index (χ2n) is 9.59. The Morgan fingerprint density at radius 3 is 2.52 bits per heavy atom. The van der Waals surface area contributed by atoms with Crippen molar-refractivity contribution in [3.05, 3.63) is 69.3 Å². The maximum absolute atomic E-state index is 13.3. The highest BCUT2D eigenvalue weighted by Gasteiger charge is 2.37. The molecule has 40 heavy (non-hydrogen) atoms. The summed E-state index contributed by atoms with van der Waals surface area (Å²) >= 11 is 6.34. The molecular weight excluding hydrogens is 547 g/mol. The number of amides is 1. The zero-order valence-electron chi connectivity index (χ0n) is 21.8. The molecule has 4 heterocycles. The van der Waals surface area contributed by atoms with Crippen LogP contribution in [0.2, 0.25) is 5.02 Å². The van der Waals surface area contributed by atoms with E-state index in [4.69, 9.17) is 11.6 Å². The normalized spacial score (nSPS) is 14.6. The molecule has 3 aromatic heterocycles. The van der Waals surface area contributed by atoms with Crippen LogP contribution in [-0.4, -0.2) is 71.5 Å². The zero-order chi connectivity index (χ0) is 28.6. The summed E-state index contributed by atoms with van der Waals surface area (Å²) in [5.74, 6) is -1.00. The number of carbonyl (C=O) groups excluding carboxylic acids is 1. The fourth-order valence-electron chi connectivity index (χ4n) is 4.90. The Labute approximate surface area is 232 Å². The van der Waals surface area contributed by atoms with Gasteiger partial charge in [-0.25, -0.2) is 4.68 Å². The first-order valence-electron chi connectivity index (χ1n) is 12.6. The van der Waals surface area contributed by atoms with Crippen molar-refractivity contribution in [2.24, 2.45) is 0 Å². The fourth-order valence-corrected chi connectivity index (χ4v) is 5.13. The third-order valence-electron chi connectivity index (χ3n) is 7.07. The van der Waals surface area contributed by atoms with Gasteiger partial charge in [0.25, 0.3) is 5.82 Å². The van der Waals surface area contributed by atoms with Crippen LogP contribution in [0.5, 0.6) is 0 Å². The Kier molecular flexibility index (Phi) is 7.48. The highest BCUT2D eigenvalue weighted by molar-refractivity contribution is 6.32. The number of carbonyl (C=O) groups is 1. The Bertz CT molecular complexity index is 1610. The average molecular weight is 572 g/mol. The summed E-state index contributed by atoms with van der Waals surface area (Å²) in [5.41, 5.74) is 3.52. The summed E-state index contributed by atoms with van der Waals surface area (Å²) in [5, 5.41) is 25.0. The summed E-state index contributed by atoms with van der Waals surface area (Å²) in [6, 6.07) is 10.4. The molecule has 0 spiro atoms. The molecule has 0 saturated carbocycles. The second kappa shape index (κ2) is 10.9. The predicted molar refractivity (Wildman–Crippen MR) is 139 cm³/mol. The fraction of sp³-hybridized carbons (Fsp3) is 0.385. The Morgan fingerprint density at radius 1 is 1.07 bits per heavy atom. The summed E-state index contributed by atoms with van der Waals surface area (Å²) in [6.07, 6.45) is -3.98. The van der Waals surface area contributed by atoms with Gasteiger partial charge in [-0.05, 0) is 49.6 Å². The van der Waals surface area contributed by atoms with E-state index in [-0.39, 0.29) is 23.8 Å². The summed E-state index contributed by atoms with van der Waals surface area (Å²) in [4.78, 5) is 17.0. The van der Waals surface area contributed by atoms with Gasteiger partial charge in [-0.3, -0.25) is 9.69 Å². The number of hydrogen-bond donors (Lipinski definition) is 0. The first kappa shape index (κ1) is 27.5. The number of fused-ring (bicyclic) bond motifs is 1. The molecule has 14 heteroatoms. The molecule has 208 valence electrons. The van der Waals surface area contributed by atoms with Gasteiger partial charge in [0.15, 0.2) is 11.5 Å². The molecule has 10 nitrogen and oxygen atoms in total. The van der Waals surface area contributed by atoms with Crippen LogP contribution < -0.4 is 0 Å². The van der Waals surface area contributed by atoms with Gasteiger partial charge in [-0.1, -0.05) is 23.7 Å². The predicted octanol–water partition coefficient (Wildman–Crippen LogP) is 3.75. The summed E-state index contributed by atoms with van der Waals surface area (Å²) < 4.78 is 42.0. The number of nitriles is 1. The van der Waals surface area contributed by atoms with Crippen molar-refractivity contribution >= 4 is 23.2 Å². The number of nitrogens with zero attached hydrogens (tertiary/aromatic N) is 9. The lowest BCUT2D eigenvalue weighted by Crippen LogP contribution is -2.48. The minimum absolute atomic E-state index is 0.0227. The summed E-state index contributed by atoms with van der Waals surface area (Å²) in [6.45, 7) is 6.73. The van der Waals surface area contributed by atoms with Crippen LogP contribution in [0.25, 0.3) is 11.5 Å². The lowest BCUT2D eigenvalue weighted by Gasteiger charge is -2.35. The second-order valence-corrected chi connectivity index (χ2v) is 9.97. The van der Waals surface area contributed by atoms with Gasteiger partial charge in [0, 0.05) is 44.8 Å². The number of rotatable bonds is 6. The van der Waals surface area contributed by atoms with Crippen molar-refractivity contribution in [2.45, 2.75) is 39.4 Å². The van der Waals surface area contributed by atoms with Gasteiger partial charge in [-0.2, -0.15) is 28.0 Å². The number of aromatic nitrogens is 6. The van der Waals surface area contributed by atoms with Gasteiger partial charge in [0.05, 0.1) is 16.3 Å². The molecule has 0 bridgehead atoms. The first-order chi connectivity index (χ1) is 19.1. The van der Waals surface area contributed by atoms with Gasteiger partial charge < -0.3 is 4.90 Å². The van der Waals surface area contributed by atoms with Crippen molar-refractivity contribution in [1.82, 2.24) is 39.4 Å². The molecule has 0 radical (unpaired) electrons. The number of aryl methyl sites for hydroxylation is 1. The number of piperazine rings is 1. The lowest BCUT2D eigenvalue weighted by atomic mass is 10.1. The third-order valence-corrected chi connectivity index (χ3v) is 7.51. The average Bonchev–Trinajstić information content (AvgIpc) is 3.49. The molecule has 1 aliphatic rings. The van der Waals surface area contributed by atoms with Gasteiger partial charge >= 0.3 is 6.18 Å². The molecule has 1 aliphatic heterocycles. The molecule has 0 atom stereocenters. The standard InChI is InChI=1S/C26H25ClF3N9O/c1-16-20(17(2)38(34-16)22-8-7-21-32-33-25(26(28,29)30)39(21)35-22)6-9-23(40)37-12-10-36(11-13-37)15-19-5-3-4-18(14-31)24(19)27/h3-5,7-8H,6,9-13,15H2,1-2H3. The SMILES string of the molecule is Cc1nn(-c2ccc3nnc(C(F)(F)F)n3n2)c(C)c1CCC(=O)N1CCN(Cc2cccc(C#N)c2Cl)CC1. The first-order valence-corrected chi connectivity index (χ1v) is 13.0. The van der Waals surface area contributed by atoms with Crippen LogP contribution in [0.3, 0.4) is 0 Å². The van der Waals surface area contributed by atoms with Gasteiger partial charge in [-0.15, -0.1) is 15.3 Å². The van der Waals surface area contributed by atoms with Crippen molar-refractivity contribution in [2.75, 3.05) is 26.2 Å². The maximum atomic E-state index is 13.3. The number of alkyl halides is 3. The minimum Gasteiger partial charge on any atom is -0.340 e. The van der Waals surface area contributed by atoms with Crippen LogP contribution in [-0.2, 0) is 23.9 Å².